The van der Waals surface area contributed by atoms with Crippen molar-refractivity contribution in [3.8, 4) is 0 Å². The van der Waals surface area contributed by atoms with E-state index >= 15 is 0 Å². The van der Waals surface area contributed by atoms with Crippen LogP contribution in [0.3, 0.4) is 0 Å². The van der Waals surface area contributed by atoms with Crippen molar-refractivity contribution in [2.24, 2.45) is 17.3 Å². The predicted octanol–water partition coefficient (Wildman–Crippen LogP) is 3.91. The first kappa shape index (κ1) is 16.3. The van der Waals surface area contributed by atoms with E-state index in [-0.39, 0.29) is 0 Å². The van der Waals surface area contributed by atoms with Gasteiger partial charge in [-0.1, -0.05) is 33.6 Å². The van der Waals surface area contributed by atoms with E-state index in [9.17, 15) is 0 Å². The molecule has 0 aliphatic heterocycles. The van der Waals surface area contributed by atoms with E-state index in [0.29, 0.717) is 5.41 Å². The number of hydrogen-bond acceptors (Lipinski definition) is 2. The van der Waals surface area contributed by atoms with Crippen molar-refractivity contribution >= 4 is 0 Å². The van der Waals surface area contributed by atoms with Crippen molar-refractivity contribution in [3.05, 3.63) is 0 Å². The Labute approximate surface area is 126 Å². The molecule has 20 heavy (non-hydrogen) atoms. The molecule has 0 aromatic carbocycles. The number of nitrogens with one attached hydrogen (secondary N) is 1. The summed E-state index contributed by atoms with van der Waals surface area (Å²) in [5.74, 6) is 1.77. The molecule has 0 aromatic rings. The lowest BCUT2D eigenvalue weighted by Crippen LogP contribution is -2.46. The zero-order valence-electron chi connectivity index (χ0n) is 14.3. The maximum Gasteiger partial charge on any atom is 0.00684 e. The van der Waals surface area contributed by atoms with Crippen molar-refractivity contribution in [2.45, 2.75) is 71.8 Å². The van der Waals surface area contributed by atoms with Gasteiger partial charge < -0.3 is 10.2 Å². The fraction of sp³-hybridized carbons (Fsp3) is 1.00. The summed E-state index contributed by atoms with van der Waals surface area (Å²) in [6.45, 7) is 10.9. The normalized spacial score (nSPS) is 31.2. The second-order valence-electron chi connectivity index (χ2n) is 8.26. The van der Waals surface area contributed by atoms with Crippen LogP contribution in [0.25, 0.3) is 0 Å². The highest BCUT2D eigenvalue weighted by Crippen LogP contribution is 2.39. The Bertz CT molecular complexity index is 275. The predicted molar refractivity (Wildman–Crippen MR) is 88.0 cm³/mol. The quantitative estimate of drug-likeness (QED) is 0.725. The minimum atomic E-state index is 0.556. The van der Waals surface area contributed by atoms with Gasteiger partial charge in [-0.25, -0.2) is 0 Å². The molecule has 0 amide bonds. The van der Waals surface area contributed by atoms with Crippen LogP contribution in [0.1, 0.15) is 65.7 Å². The van der Waals surface area contributed by atoms with Gasteiger partial charge in [0.2, 0.25) is 0 Å². The molecule has 0 saturated heterocycles. The van der Waals surface area contributed by atoms with Crippen LogP contribution in [0.2, 0.25) is 0 Å². The summed E-state index contributed by atoms with van der Waals surface area (Å²) in [6, 6.07) is 0.854. The van der Waals surface area contributed by atoms with Gasteiger partial charge in [0, 0.05) is 19.1 Å². The summed E-state index contributed by atoms with van der Waals surface area (Å²) in [4.78, 5) is 2.60. The van der Waals surface area contributed by atoms with Crippen molar-refractivity contribution in [1.29, 1.82) is 0 Å². The van der Waals surface area contributed by atoms with Gasteiger partial charge >= 0.3 is 0 Å². The molecule has 2 fully saturated rings. The Morgan fingerprint density at radius 1 is 1.15 bits per heavy atom. The number of hydrogen-bond donors (Lipinski definition) is 1. The van der Waals surface area contributed by atoms with Crippen molar-refractivity contribution in [1.82, 2.24) is 10.2 Å². The van der Waals surface area contributed by atoms with Crippen LogP contribution in [0.5, 0.6) is 0 Å². The second-order valence-corrected chi connectivity index (χ2v) is 8.26. The van der Waals surface area contributed by atoms with Crippen LogP contribution < -0.4 is 5.32 Å². The van der Waals surface area contributed by atoms with Gasteiger partial charge in [-0.05, 0) is 62.9 Å². The number of rotatable bonds is 8. The molecule has 118 valence electrons. The summed E-state index contributed by atoms with van der Waals surface area (Å²) in [6.07, 6.45) is 9.89. The molecule has 0 bridgehead atoms. The first-order valence-corrected chi connectivity index (χ1v) is 8.91. The molecule has 0 aromatic heterocycles. The summed E-state index contributed by atoms with van der Waals surface area (Å²) < 4.78 is 0. The zero-order valence-corrected chi connectivity index (χ0v) is 14.3. The van der Waals surface area contributed by atoms with E-state index in [1.165, 1.54) is 64.6 Å². The molecule has 0 radical (unpaired) electrons. The second kappa shape index (κ2) is 7.26. The lowest BCUT2D eigenvalue weighted by molar-refractivity contribution is 0.0963. The van der Waals surface area contributed by atoms with Crippen molar-refractivity contribution in [2.75, 3.05) is 26.7 Å². The van der Waals surface area contributed by atoms with Gasteiger partial charge in [-0.2, -0.15) is 0 Å². The Balaban J connectivity index is 1.84. The molecule has 1 N–H and O–H groups in total. The molecule has 2 saturated carbocycles. The van der Waals surface area contributed by atoms with E-state index in [1.54, 1.807) is 0 Å². The largest absolute Gasteiger partial charge is 0.313 e. The molecule has 0 heterocycles. The molecule has 0 atom stereocenters. The average Bonchev–Trinajstić information content (AvgIpc) is 3.22. The molecule has 0 spiro atoms. The van der Waals surface area contributed by atoms with E-state index in [1.807, 2.05) is 0 Å². The molecule has 2 nitrogen and oxygen atoms in total. The molecule has 2 aliphatic carbocycles. The molecular weight excluding hydrogens is 244 g/mol. The number of nitrogens with zero attached hydrogens (tertiary/aromatic N) is 1. The van der Waals surface area contributed by atoms with Crippen LogP contribution in [-0.2, 0) is 0 Å². The lowest BCUT2D eigenvalue weighted by atomic mass is 9.70. The molecular formula is C18H36N2. The Morgan fingerprint density at radius 3 is 2.35 bits per heavy atom. The van der Waals surface area contributed by atoms with Crippen LogP contribution in [0.15, 0.2) is 0 Å². The molecule has 2 aliphatic rings. The molecule has 2 heteroatoms. The minimum absolute atomic E-state index is 0.556. The Morgan fingerprint density at radius 2 is 1.80 bits per heavy atom. The SMILES string of the molecule is CC(C)CCN(C)CC1(CNC2CC2)CCC(C)CC1. The summed E-state index contributed by atoms with van der Waals surface area (Å²) in [5, 5.41) is 3.83. The maximum absolute atomic E-state index is 3.83. The Hall–Kier alpha value is -0.0800. The van der Waals surface area contributed by atoms with Gasteiger partial charge in [0.1, 0.15) is 0 Å². The van der Waals surface area contributed by atoms with Crippen LogP contribution in [-0.4, -0.2) is 37.6 Å². The van der Waals surface area contributed by atoms with Gasteiger partial charge in [-0.3, -0.25) is 0 Å². The third-order valence-corrected chi connectivity index (χ3v) is 5.37. The molecule has 2 rings (SSSR count). The monoisotopic (exact) mass is 280 g/mol. The van der Waals surface area contributed by atoms with Crippen LogP contribution >= 0.6 is 0 Å². The zero-order chi connectivity index (χ0) is 14.6. The third-order valence-electron chi connectivity index (χ3n) is 5.37. The maximum atomic E-state index is 3.83. The average molecular weight is 281 g/mol. The third kappa shape index (κ3) is 5.37. The van der Waals surface area contributed by atoms with Gasteiger partial charge in [0.05, 0.1) is 0 Å². The van der Waals surface area contributed by atoms with Gasteiger partial charge in [0.15, 0.2) is 0 Å². The van der Waals surface area contributed by atoms with E-state index in [4.69, 9.17) is 0 Å². The highest BCUT2D eigenvalue weighted by molar-refractivity contribution is 4.92. The summed E-state index contributed by atoms with van der Waals surface area (Å²) >= 11 is 0. The summed E-state index contributed by atoms with van der Waals surface area (Å²) in [7, 11) is 2.33. The van der Waals surface area contributed by atoms with Gasteiger partial charge in [-0.15, -0.1) is 0 Å². The highest BCUT2D eigenvalue weighted by atomic mass is 15.1. The minimum Gasteiger partial charge on any atom is -0.313 e. The first-order valence-electron chi connectivity index (χ1n) is 8.91. The highest BCUT2D eigenvalue weighted by Gasteiger charge is 2.36. The van der Waals surface area contributed by atoms with Crippen LogP contribution in [0, 0.1) is 17.3 Å². The smallest absolute Gasteiger partial charge is 0.00684 e. The van der Waals surface area contributed by atoms with E-state index in [0.717, 1.165) is 17.9 Å². The van der Waals surface area contributed by atoms with Crippen LogP contribution in [0.4, 0.5) is 0 Å². The fourth-order valence-corrected chi connectivity index (χ4v) is 3.54. The Kier molecular flexibility index (Phi) is 5.92. The fourth-order valence-electron chi connectivity index (χ4n) is 3.54. The topological polar surface area (TPSA) is 15.3 Å². The summed E-state index contributed by atoms with van der Waals surface area (Å²) in [5.41, 5.74) is 0.556. The van der Waals surface area contributed by atoms with E-state index in [2.05, 4.69) is 38.0 Å². The van der Waals surface area contributed by atoms with Gasteiger partial charge in [0.25, 0.3) is 0 Å². The molecule has 0 unspecified atom stereocenters. The first-order chi connectivity index (χ1) is 9.49. The van der Waals surface area contributed by atoms with Crippen molar-refractivity contribution in [3.63, 3.8) is 0 Å². The lowest BCUT2D eigenvalue weighted by Gasteiger charge is -2.42. The van der Waals surface area contributed by atoms with E-state index < -0.39 is 0 Å². The van der Waals surface area contributed by atoms with Crippen molar-refractivity contribution < 1.29 is 0 Å². The standard InChI is InChI=1S/C18H36N2/c1-15(2)9-12-20(4)14-18(13-19-17-5-6-17)10-7-16(3)8-11-18/h15-17,19H,5-14H2,1-4H3.